The van der Waals surface area contributed by atoms with E-state index in [9.17, 15) is 0 Å². The number of rotatable bonds is 2. The third-order valence-corrected chi connectivity index (χ3v) is 3.38. The highest BCUT2D eigenvalue weighted by Crippen LogP contribution is 2.18. The van der Waals surface area contributed by atoms with Crippen LogP contribution in [0.15, 0.2) is 24.5 Å². The molecule has 0 aliphatic carbocycles. The molecule has 0 radical (unpaired) electrons. The van der Waals surface area contributed by atoms with Gasteiger partial charge in [0.1, 0.15) is 5.65 Å². The maximum atomic E-state index is 4.32. The lowest BCUT2D eigenvalue weighted by Gasteiger charge is -2.31. The normalized spacial score (nSPS) is 22.1. The Morgan fingerprint density at radius 1 is 1.53 bits per heavy atom. The van der Waals surface area contributed by atoms with Crippen LogP contribution in [0.1, 0.15) is 12.5 Å². The highest BCUT2D eigenvalue weighted by atomic mass is 15.2. The summed E-state index contributed by atoms with van der Waals surface area (Å²) in [7, 11) is 0. The average Bonchev–Trinajstić information content (AvgIpc) is 2.73. The van der Waals surface area contributed by atoms with Crippen LogP contribution in [0.2, 0.25) is 0 Å². The Bertz CT molecular complexity index is 505. The third kappa shape index (κ3) is 2.18. The van der Waals surface area contributed by atoms with Gasteiger partial charge in [-0.15, -0.1) is 0 Å². The maximum absolute atomic E-state index is 4.32. The van der Waals surface area contributed by atoms with Crippen molar-refractivity contribution < 1.29 is 0 Å². The molecule has 1 fully saturated rings. The van der Waals surface area contributed by atoms with Gasteiger partial charge < -0.3 is 10.3 Å². The summed E-state index contributed by atoms with van der Waals surface area (Å²) in [4.78, 5) is 10.1. The van der Waals surface area contributed by atoms with Crippen LogP contribution in [-0.2, 0) is 6.54 Å². The van der Waals surface area contributed by atoms with E-state index in [4.69, 9.17) is 0 Å². The quantitative estimate of drug-likeness (QED) is 0.818. The fraction of sp³-hybridized carbons (Fsp3) is 0.462. The van der Waals surface area contributed by atoms with E-state index >= 15 is 0 Å². The van der Waals surface area contributed by atoms with Gasteiger partial charge in [-0.3, -0.25) is 4.90 Å². The molecule has 4 nitrogen and oxygen atoms in total. The Labute approximate surface area is 101 Å². The van der Waals surface area contributed by atoms with Crippen LogP contribution in [0.3, 0.4) is 0 Å². The zero-order valence-corrected chi connectivity index (χ0v) is 10.1. The molecule has 2 aromatic rings. The van der Waals surface area contributed by atoms with Crippen LogP contribution in [0, 0.1) is 0 Å². The van der Waals surface area contributed by atoms with Crippen LogP contribution >= 0.6 is 0 Å². The average molecular weight is 230 g/mol. The Morgan fingerprint density at radius 2 is 2.47 bits per heavy atom. The van der Waals surface area contributed by atoms with E-state index in [-0.39, 0.29) is 0 Å². The van der Waals surface area contributed by atoms with Crippen molar-refractivity contribution in [3.63, 3.8) is 0 Å². The molecule has 0 aromatic carbocycles. The second kappa shape index (κ2) is 4.47. The van der Waals surface area contributed by atoms with Crippen molar-refractivity contribution >= 4 is 11.0 Å². The summed E-state index contributed by atoms with van der Waals surface area (Å²) < 4.78 is 0. The molecule has 2 N–H and O–H groups in total. The number of hydrogen-bond acceptors (Lipinski definition) is 3. The molecular formula is C13H18N4. The van der Waals surface area contributed by atoms with Gasteiger partial charge in [-0.1, -0.05) is 0 Å². The summed E-state index contributed by atoms with van der Waals surface area (Å²) >= 11 is 0. The monoisotopic (exact) mass is 230 g/mol. The van der Waals surface area contributed by atoms with Crippen LogP contribution < -0.4 is 5.32 Å². The van der Waals surface area contributed by atoms with Crippen LogP contribution in [0.4, 0.5) is 0 Å². The number of nitrogens with one attached hydrogen (secondary N) is 2. The van der Waals surface area contributed by atoms with Crippen LogP contribution in [0.5, 0.6) is 0 Å². The second-order valence-electron chi connectivity index (χ2n) is 4.80. The largest absolute Gasteiger partial charge is 0.346 e. The number of H-pyrrole nitrogens is 1. The molecule has 3 rings (SSSR count). The van der Waals surface area contributed by atoms with Gasteiger partial charge in [-0.2, -0.15) is 0 Å². The van der Waals surface area contributed by atoms with Crippen molar-refractivity contribution in [2.24, 2.45) is 0 Å². The lowest BCUT2D eigenvalue weighted by Crippen LogP contribution is -2.48. The summed E-state index contributed by atoms with van der Waals surface area (Å²) in [6.07, 6.45) is 3.92. The van der Waals surface area contributed by atoms with Gasteiger partial charge in [0.25, 0.3) is 0 Å². The molecule has 4 heteroatoms. The molecule has 0 spiro atoms. The molecule has 3 heterocycles. The molecule has 90 valence electrons. The first-order valence-corrected chi connectivity index (χ1v) is 6.19. The predicted molar refractivity (Wildman–Crippen MR) is 68.8 cm³/mol. The molecule has 0 amide bonds. The topological polar surface area (TPSA) is 44.0 Å². The van der Waals surface area contributed by atoms with E-state index < -0.39 is 0 Å². The van der Waals surface area contributed by atoms with Gasteiger partial charge in [-0.05, 0) is 24.6 Å². The molecule has 1 unspecified atom stereocenters. The summed E-state index contributed by atoms with van der Waals surface area (Å²) in [5.74, 6) is 0. The first-order chi connectivity index (χ1) is 8.33. The van der Waals surface area contributed by atoms with E-state index in [2.05, 4.69) is 39.4 Å². The Morgan fingerprint density at radius 3 is 3.35 bits per heavy atom. The number of fused-ring (bicyclic) bond motifs is 1. The van der Waals surface area contributed by atoms with E-state index in [1.54, 1.807) is 0 Å². The number of hydrogen-bond donors (Lipinski definition) is 2. The molecule has 17 heavy (non-hydrogen) atoms. The Kier molecular flexibility index (Phi) is 2.82. The molecule has 1 atom stereocenters. The van der Waals surface area contributed by atoms with Crippen molar-refractivity contribution in [3.8, 4) is 0 Å². The highest BCUT2D eigenvalue weighted by Gasteiger charge is 2.16. The lowest BCUT2D eigenvalue weighted by atomic mass is 10.1. The summed E-state index contributed by atoms with van der Waals surface area (Å²) in [5.41, 5.74) is 2.34. The zero-order chi connectivity index (χ0) is 11.7. The van der Waals surface area contributed by atoms with Gasteiger partial charge in [0.2, 0.25) is 0 Å². The first-order valence-electron chi connectivity index (χ1n) is 6.19. The van der Waals surface area contributed by atoms with Gasteiger partial charge in [0.05, 0.1) is 0 Å². The number of piperazine rings is 1. The maximum Gasteiger partial charge on any atom is 0.137 e. The van der Waals surface area contributed by atoms with Crippen LogP contribution in [0.25, 0.3) is 11.0 Å². The summed E-state index contributed by atoms with van der Waals surface area (Å²) in [5, 5.41) is 4.72. The van der Waals surface area contributed by atoms with E-state index in [1.807, 2.05) is 12.3 Å². The molecule has 1 aliphatic rings. The smallest absolute Gasteiger partial charge is 0.137 e. The number of aromatic nitrogens is 2. The minimum atomic E-state index is 0.590. The fourth-order valence-corrected chi connectivity index (χ4v) is 2.54. The van der Waals surface area contributed by atoms with E-state index in [0.717, 1.165) is 31.8 Å². The van der Waals surface area contributed by atoms with E-state index in [1.165, 1.54) is 10.9 Å². The van der Waals surface area contributed by atoms with Crippen molar-refractivity contribution in [2.75, 3.05) is 19.6 Å². The van der Waals surface area contributed by atoms with E-state index in [0.29, 0.717) is 6.04 Å². The van der Waals surface area contributed by atoms with Crippen molar-refractivity contribution in [1.82, 2.24) is 20.2 Å². The van der Waals surface area contributed by atoms with Gasteiger partial charge in [0.15, 0.2) is 0 Å². The Hall–Kier alpha value is -1.39. The number of pyridine rings is 1. The summed E-state index contributed by atoms with van der Waals surface area (Å²) in [6, 6.07) is 4.73. The molecule has 0 saturated carbocycles. The van der Waals surface area contributed by atoms with Gasteiger partial charge >= 0.3 is 0 Å². The van der Waals surface area contributed by atoms with Gasteiger partial charge in [0, 0.05) is 50.0 Å². The highest BCUT2D eigenvalue weighted by molar-refractivity contribution is 5.79. The molecular weight excluding hydrogens is 212 g/mol. The molecule has 2 aromatic heterocycles. The standard InChI is InChI=1S/C13H18N4/c1-10-8-17(6-5-14-10)9-11-7-16-13-12(11)3-2-4-15-13/h2-4,7,10,14H,5-6,8-9H2,1H3,(H,15,16). The van der Waals surface area contributed by atoms with Gasteiger partial charge in [-0.25, -0.2) is 4.98 Å². The fourth-order valence-electron chi connectivity index (χ4n) is 2.54. The van der Waals surface area contributed by atoms with Crippen molar-refractivity contribution in [3.05, 3.63) is 30.1 Å². The second-order valence-corrected chi connectivity index (χ2v) is 4.80. The SMILES string of the molecule is CC1CN(Cc2c[nH]c3ncccc23)CCN1. The minimum absolute atomic E-state index is 0.590. The zero-order valence-electron chi connectivity index (χ0n) is 10.1. The summed E-state index contributed by atoms with van der Waals surface area (Å²) in [6.45, 7) is 6.58. The molecule has 1 aliphatic heterocycles. The molecule has 1 saturated heterocycles. The van der Waals surface area contributed by atoms with Crippen molar-refractivity contribution in [1.29, 1.82) is 0 Å². The first kappa shape index (κ1) is 10.7. The minimum Gasteiger partial charge on any atom is -0.346 e. The number of nitrogens with zero attached hydrogens (tertiary/aromatic N) is 2. The van der Waals surface area contributed by atoms with Crippen LogP contribution in [-0.4, -0.2) is 40.5 Å². The van der Waals surface area contributed by atoms with Crippen molar-refractivity contribution in [2.45, 2.75) is 19.5 Å². The molecule has 0 bridgehead atoms. The lowest BCUT2D eigenvalue weighted by molar-refractivity contribution is 0.200. The Balaban J connectivity index is 1.80. The third-order valence-electron chi connectivity index (χ3n) is 3.38. The number of aromatic amines is 1. The predicted octanol–water partition coefficient (Wildman–Crippen LogP) is 1.36.